The van der Waals surface area contributed by atoms with Crippen molar-refractivity contribution in [3.63, 3.8) is 0 Å². The van der Waals surface area contributed by atoms with Crippen LogP contribution in [0.5, 0.6) is 0 Å². The molecule has 1 aromatic carbocycles. The zero-order valence-electron chi connectivity index (χ0n) is 15.4. The summed E-state index contributed by atoms with van der Waals surface area (Å²) in [7, 11) is 0. The number of nitrogens with zero attached hydrogens (tertiary/aromatic N) is 3. The van der Waals surface area contributed by atoms with Gasteiger partial charge in [-0.2, -0.15) is 0 Å². The van der Waals surface area contributed by atoms with Gasteiger partial charge in [0.2, 0.25) is 5.91 Å². The predicted molar refractivity (Wildman–Crippen MR) is 103 cm³/mol. The van der Waals surface area contributed by atoms with E-state index in [1.54, 1.807) is 0 Å². The molecular weight excluding hydrogens is 336 g/mol. The van der Waals surface area contributed by atoms with Crippen LogP contribution in [0.1, 0.15) is 20.8 Å². The molecule has 0 saturated carbocycles. The van der Waals surface area contributed by atoms with E-state index in [2.05, 4.69) is 42.0 Å². The summed E-state index contributed by atoms with van der Waals surface area (Å²) in [4.78, 5) is 19.8. The second kappa shape index (κ2) is 7.94. The van der Waals surface area contributed by atoms with E-state index in [1.807, 2.05) is 23.1 Å². The fraction of sp³-hybridized carbons (Fsp3) is 0.632. The maximum absolute atomic E-state index is 13.0. The molecule has 138 valence electrons. The summed E-state index contributed by atoms with van der Waals surface area (Å²) in [6.45, 7) is 11.7. The van der Waals surface area contributed by atoms with Crippen molar-refractivity contribution in [1.82, 2.24) is 15.1 Å². The third kappa shape index (κ3) is 4.27. The van der Waals surface area contributed by atoms with E-state index in [9.17, 15) is 4.79 Å². The van der Waals surface area contributed by atoms with Crippen LogP contribution in [0, 0.1) is 0 Å². The number of anilines is 1. The van der Waals surface area contributed by atoms with Gasteiger partial charge >= 0.3 is 0 Å². The highest BCUT2D eigenvalue weighted by Crippen LogP contribution is 2.23. The van der Waals surface area contributed by atoms with E-state index in [0.717, 1.165) is 50.0 Å². The second-order valence-electron chi connectivity index (χ2n) is 7.40. The number of nitrogens with one attached hydrogen (secondary N) is 1. The van der Waals surface area contributed by atoms with Crippen molar-refractivity contribution in [2.75, 3.05) is 44.2 Å². The predicted octanol–water partition coefficient (Wildman–Crippen LogP) is 2.06. The molecule has 1 amide bonds. The normalized spacial score (nSPS) is 25.5. The molecule has 5 nitrogen and oxygen atoms in total. The molecule has 1 unspecified atom stereocenters. The zero-order chi connectivity index (χ0) is 18.0. The number of hydrogen-bond acceptors (Lipinski definition) is 4. The van der Waals surface area contributed by atoms with Crippen LogP contribution in [0.15, 0.2) is 24.3 Å². The Hall–Kier alpha value is -1.30. The third-order valence-corrected chi connectivity index (χ3v) is 5.55. The highest BCUT2D eigenvalue weighted by Gasteiger charge is 2.34. The largest absolute Gasteiger partial charge is 0.368 e. The van der Waals surface area contributed by atoms with Crippen molar-refractivity contribution in [1.29, 1.82) is 0 Å². The lowest BCUT2D eigenvalue weighted by molar-refractivity contribution is -0.137. The number of piperazine rings is 2. The molecule has 2 atom stereocenters. The number of hydrogen-bond donors (Lipinski definition) is 1. The standard InChI is InChI=1S/C19H29ClN4O/c1-14(2)22-8-7-21-18(13-22)19(25)24-10-9-23(12-15(24)3)17-6-4-5-16(20)11-17/h4-6,11,14-15,18,21H,7-10,12-13H2,1-3H3/t15?,18-/m1/s1. The van der Waals surface area contributed by atoms with E-state index in [1.165, 1.54) is 0 Å². The summed E-state index contributed by atoms with van der Waals surface area (Å²) in [6, 6.07) is 8.53. The minimum absolute atomic E-state index is 0.0867. The molecule has 0 spiro atoms. The molecule has 0 aromatic heterocycles. The summed E-state index contributed by atoms with van der Waals surface area (Å²) >= 11 is 6.12. The first-order chi connectivity index (χ1) is 12.0. The summed E-state index contributed by atoms with van der Waals surface area (Å²) < 4.78 is 0. The van der Waals surface area contributed by atoms with E-state index in [-0.39, 0.29) is 18.0 Å². The molecule has 0 radical (unpaired) electrons. The fourth-order valence-corrected chi connectivity index (χ4v) is 3.98. The maximum Gasteiger partial charge on any atom is 0.241 e. The highest BCUT2D eigenvalue weighted by atomic mass is 35.5. The molecule has 0 aliphatic carbocycles. The molecule has 2 aliphatic rings. The summed E-state index contributed by atoms with van der Waals surface area (Å²) in [6.07, 6.45) is 0. The van der Waals surface area contributed by atoms with Gasteiger partial charge < -0.3 is 15.1 Å². The van der Waals surface area contributed by atoms with E-state index in [0.29, 0.717) is 6.04 Å². The van der Waals surface area contributed by atoms with Gasteiger partial charge in [0.05, 0.1) is 6.04 Å². The van der Waals surface area contributed by atoms with E-state index in [4.69, 9.17) is 11.6 Å². The molecule has 2 heterocycles. The number of halogens is 1. The SMILES string of the molecule is CC(C)N1CCN[C@@H](C(=O)N2CCN(c3cccc(Cl)c3)CC2C)C1. The highest BCUT2D eigenvalue weighted by molar-refractivity contribution is 6.30. The Morgan fingerprint density at radius 3 is 2.72 bits per heavy atom. The number of rotatable bonds is 3. The average molecular weight is 365 g/mol. The van der Waals surface area contributed by atoms with Crippen LogP contribution in [0.4, 0.5) is 5.69 Å². The zero-order valence-corrected chi connectivity index (χ0v) is 16.2. The molecule has 1 aromatic rings. The fourth-order valence-electron chi connectivity index (χ4n) is 3.80. The summed E-state index contributed by atoms with van der Waals surface area (Å²) in [5.74, 6) is 0.239. The number of carbonyl (C=O) groups excluding carboxylic acids is 1. The van der Waals surface area contributed by atoms with Crippen LogP contribution < -0.4 is 10.2 Å². The number of carbonyl (C=O) groups is 1. The Labute approximate surface area is 155 Å². The lowest BCUT2D eigenvalue weighted by Crippen LogP contribution is -2.63. The molecule has 2 saturated heterocycles. The maximum atomic E-state index is 13.0. The molecule has 1 N–H and O–H groups in total. The van der Waals surface area contributed by atoms with Crippen LogP contribution in [-0.2, 0) is 4.79 Å². The Morgan fingerprint density at radius 2 is 2.04 bits per heavy atom. The van der Waals surface area contributed by atoms with Gasteiger partial charge in [-0.25, -0.2) is 0 Å². The Balaban J connectivity index is 1.62. The monoisotopic (exact) mass is 364 g/mol. The lowest BCUT2D eigenvalue weighted by Gasteiger charge is -2.44. The van der Waals surface area contributed by atoms with Crippen molar-refractivity contribution < 1.29 is 4.79 Å². The third-order valence-electron chi connectivity index (χ3n) is 5.32. The molecule has 6 heteroatoms. The van der Waals surface area contributed by atoms with Gasteiger partial charge in [0.1, 0.15) is 0 Å². The summed E-state index contributed by atoms with van der Waals surface area (Å²) in [5.41, 5.74) is 1.13. The molecule has 2 fully saturated rings. The van der Waals surface area contributed by atoms with Crippen LogP contribution in [0.3, 0.4) is 0 Å². The molecule has 2 aliphatic heterocycles. The molecular formula is C19H29ClN4O. The minimum Gasteiger partial charge on any atom is -0.368 e. The van der Waals surface area contributed by atoms with E-state index >= 15 is 0 Å². The molecule has 25 heavy (non-hydrogen) atoms. The van der Waals surface area contributed by atoms with Gasteiger partial charge in [0.15, 0.2) is 0 Å². The Kier molecular flexibility index (Phi) is 5.87. The Bertz CT molecular complexity index is 609. The van der Waals surface area contributed by atoms with Crippen molar-refractivity contribution in [3.8, 4) is 0 Å². The van der Waals surface area contributed by atoms with Crippen LogP contribution in [-0.4, -0.2) is 73.1 Å². The first-order valence-corrected chi connectivity index (χ1v) is 9.62. The van der Waals surface area contributed by atoms with Crippen molar-refractivity contribution >= 4 is 23.2 Å². The van der Waals surface area contributed by atoms with Gasteiger partial charge in [-0.05, 0) is 39.0 Å². The van der Waals surface area contributed by atoms with Gasteiger partial charge in [-0.1, -0.05) is 17.7 Å². The number of benzene rings is 1. The van der Waals surface area contributed by atoms with Crippen molar-refractivity contribution in [3.05, 3.63) is 29.3 Å². The topological polar surface area (TPSA) is 38.8 Å². The minimum atomic E-state index is -0.0867. The first kappa shape index (κ1) is 18.5. The van der Waals surface area contributed by atoms with E-state index < -0.39 is 0 Å². The number of amides is 1. The van der Waals surface area contributed by atoms with Crippen molar-refractivity contribution in [2.45, 2.75) is 38.9 Å². The van der Waals surface area contributed by atoms with Crippen LogP contribution >= 0.6 is 11.6 Å². The quantitative estimate of drug-likeness (QED) is 0.891. The Morgan fingerprint density at radius 1 is 1.24 bits per heavy atom. The van der Waals surface area contributed by atoms with Gasteiger partial charge in [0.25, 0.3) is 0 Å². The summed E-state index contributed by atoms with van der Waals surface area (Å²) in [5, 5.41) is 4.16. The average Bonchev–Trinajstić information content (AvgIpc) is 2.61. The van der Waals surface area contributed by atoms with Gasteiger partial charge in [-0.3, -0.25) is 9.69 Å². The first-order valence-electron chi connectivity index (χ1n) is 9.24. The smallest absolute Gasteiger partial charge is 0.241 e. The van der Waals surface area contributed by atoms with Crippen molar-refractivity contribution in [2.24, 2.45) is 0 Å². The van der Waals surface area contributed by atoms with Gasteiger partial charge in [0, 0.05) is 62.1 Å². The van der Waals surface area contributed by atoms with Crippen LogP contribution in [0.25, 0.3) is 0 Å². The van der Waals surface area contributed by atoms with Gasteiger partial charge in [-0.15, -0.1) is 0 Å². The lowest BCUT2D eigenvalue weighted by atomic mass is 10.1. The van der Waals surface area contributed by atoms with Crippen LogP contribution in [0.2, 0.25) is 5.02 Å². The molecule has 3 rings (SSSR count). The second-order valence-corrected chi connectivity index (χ2v) is 7.84. The molecule has 0 bridgehead atoms.